The van der Waals surface area contributed by atoms with Crippen molar-refractivity contribution < 1.29 is 4.79 Å². The first-order valence-corrected chi connectivity index (χ1v) is 12.6. The van der Waals surface area contributed by atoms with Crippen molar-refractivity contribution in [3.05, 3.63) is 35.4 Å². The number of fused-ring (bicyclic) bond motifs is 1. The lowest BCUT2D eigenvalue weighted by Gasteiger charge is -2.44. The molecule has 1 amide bonds. The molecule has 1 aromatic rings. The first kappa shape index (κ1) is 20.5. The molecule has 1 aliphatic carbocycles. The quantitative estimate of drug-likeness (QED) is 0.761. The van der Waals surface area contributed by atoms with E-state index in [0.717, 1.165) is 26.1 Å². The number of rotatable bonds is 3. The SMILES string of the molecule is O=C([C@@H]1CCCN(C2CCN(C3Cc4ccccc4C3)CC2)C1)N1CCCCCC1. The maximum absolute atomic E-state index is 13.2. The van der Waals surface area contributed by atoms with Gasteiger partial charge in [-0.15, -0.1) is 0 Å². The molecule has 4 aliphatic rings. The first-order valence-electron chi connectivity index (χ1n) is 12.6. The highest BCUT2D eigenvalue weighted by atomic mass is 16.2. The Morgan fingerprint density at radius 1 is 0.700 bits per heavy atom. The monoisotopic (exact) mass is 409 g/mol. The fourth-order valence-electron chi connectivity index (χ4n) is 6.50. The second-order valence-corrected chi connectivity index (χ2v) is 10.2. The van der Waals surface area contributed by atoms with Crippen LogP contribution < -0.4 is 0 Å². The Morgan fingerprint density at radius 2 is 1.37 bits per heavy atom. The van der Waals surface area contributed by atoms with Crippen molar-refractivity contribution in [3.63, 3.8) is 0 Å². The third-order valence-electron chi connectivity index (χ3n) is 8.28. The zero-order chi connectivity index (χ0) is 20.3. The lowest BCUT2D eigenvalue weighted by molar-refractivity contribution is -0.137. The molecule has 1 atom stereocenters. The molecule has 4 heteroatoms. The van der Waals surface area contributed by atoms with E-state index >= 15 is 0 Å². The summed E-state index contributed by atoms with van der Waals surface area (Å²) in [5, 5.41) is 0. The van der Waals surface area contributed by atoms with Gasteiger partial charge in [0.25, 0.3) is 0 Å². The first-order chi connectivity index (χ1) is 14.8. The summed E-state index contributed by atoms with van der Waals surface area (Å²) in [4.78, 5) is 20.8. The van der Waals surface area contributed by atoms with Crippen molar-refractivity contribution >= 4 is 5.91 Å². The van der Waals surface area contributed by atoms with Gasteiger partial charge in [0.05, 0.1) is 5.92 Å². The lowest BCUT2D eigenvalue weighted by atomic mass is 9.92. The molecule has 3 fully saturated rings. The predicted molar refractivity (Wildman–Crippen MR) is 122 cm³/mol. The number of amides is 1. The maximum atomic E-state index is 13.2. The number of hydrogen-bond donors (Lipinski definition) is 0. The van der Waals surface area contributed by atoms with E-state index in [2.05, 4.69) is 39.0 Å². The van der Waals surface area contributed by atoms with Crippen LogP contribution in [0.3, 0.4) is 0 Å². The van der Waals surface area contributed by atoms with Crippen molar-refractivity contribution in [2.24, 2.45) is 5.92 Å². The van der Waals surface area contributed by atoms with Crippen LogP contribution >= 0.6 is 0 Å². The molecular formula is C26H39N3O. The molecule has 0 unspecified atom stereocenters. The van der Waals surface area contributed by atoms with Crippen molar-refractivity contribution in [1.29, 1.82) is 0 Å². The average Bonchev–Trinajstić information content (AvgIpc) is 3.05. The van der Waals surface area contributed by atoms with Crippen LogP contribution in [0.1, 0.15) is 62.5 Å². The molecule has 5 rings (SSSR count). The van der Waals surface area contributed by atoms with Gasteiger partial charge in [0, 0.05) is 31.7 Å². The Balaban J connectivity index is 1.12. The summed E-state index contributed by atoms with van der Waals surface area (Å²) in [7, 11) is 0. The largest absolute Gasteiger partial charge is 0.342 e. The molecule has 0 N–H and O–H groups in total. The van der Waals surface area contributed by atoms with Crippen molar-refractivity contribution in [2.75, 3.05) is 39.3 Å². The molecule has 0 bridgehead atoms. The summed E-state index contributed by atoms with van der Waals surface area (Å²) in [5.41, 5.74) is 3.13. The lowest BCUT2D eigenvalue weighted by Crippen LogP contribution is -2.52. The Bertz CT molecular complexity index is 694. The van der Waals surface area contributed by atoms with Gasteiger partial charge in [-0.25, -0.2) is 0 Å². The summed E-state index contributed by atoms with van der Waals surface area (Å²) in [5.74, 6) is 0.710. The van der Waals surface area contributed by atoms with Crippen molar-refractivity contribution in [1.82, 2.24) is 14.7 Å². The molecule has 30 heavy (non-hydrogen) atoms. The van der Waals surface area contributed by atoms with Gasteiger partial charge in [0.1, 0.15) is 0 Å². The number of carbonyl (C=O) groups is 1. The van der Waals surface area contributed by atoms with E-state index in [0.29, 0.717) is 18.0 Å². The Hall–Kier alpha value is -1.39. The number of nitrogens with zero attached hydrogens (tertiary/aromatic N) is 3. The number of piperidine rings is 2. The average molecular weight is 410 g/mol. The number of carbonyl (C=O) groups excluding carboxylic acids is 1. The van der Waals surface area contributed by atoms with Crippen LogP contribution in [0.4, 0.5) is 0 Å². The topological polar surface area (TPSA) is 26.8 Å². The normalized spacial score (nSPS) is 27.7. The second kappa shape index (κ2) is 9.40. The number of likely N-dealkylation sites (tertiary alicyclic amines) is 3. The second-order valence-electron chi connectivity index (χ2n) is 10.2. The Kier molecular flexibility index (Phi) is 6.42. The van der Waals surface area contributed by atoms with Gasteiger partial charge in [-0.1, -0.05) is 37.1 Å². The van der Waals surface area contributed by atoms with E-state index in [1.165, 1.54) is 77.4 Å². The van der Waals surface area contributed by atoms with Crippen molar-refractivity contribution in [2.45, 2.75) is 76.3 Å². The van der Waals surface area contributed by atoms with Gasteiger partial charge in [-0.2, -0.15) is 0 Å². The number of benzene rings is 1. The molecule has 0 radical (unpaired) electrons. The van der Waals surface area contributed by atoms with Gasteiger partial charge >= 0.3 is 0 Å². The fraction of sp³-hybridized carbons (Fsp3) is 0.731. The van der Waals surface area contributed by atoms with Gasteiger partial charge in [0.15, 0.2) is 0 Å². The van der Waals surface area contributed by atoms with E-state index in [9.17, 15) is 4.79 Å². The van der Waals surface area contributed by atoms with Crippen molar-refractivity contribution in [3.8, 4) is 0 Å². The molecule has 4 nitrogen and oxygen atoms in total. The summed E-state index contributed by atoms with van der Waals surface area (Å²) in [6.45, 7) is 6.66. The summed E-state index contributed by atoms with van der Waals surface area (Å²) >= 11 is 0. The minimum Gasteiger partial charge on any atom is -0.342 e. The van der Waals surface area contributed by atoms with Gasteiger partial charge < -0.3 is 4.90 Å². The van der Waals surface area contributed by atoms with Crippen LogP contribution in [-0.4, -0.2) is 72.0 Å². The summed E-state index contributed by atoms with van der Waals surface area (Å²) in [6.07, 6.45) is 12.3. The smallest absolute Gasteiger partial charge is 0.226 e. The highest BCUT2D eigenvalue weighted by Crippen LogP contribution is 2.30. The molecular weight excluding hydrogens is 370 g/mol. The summed E-state index contributed by atoms with van der Waals surface area (Å²) < 4.78 is 0. The van der Waals surface area contributed by atoms with E-state index in [-0.39, 0.29) is 5.92 Å². The van der Waals surface area contributed by atoms with Crippen LogP contribution in [0.15, 0.2) is 24.3 Å². The molecule has 3 aliphatic heterocycles. The predicted octanol–water partition coefficient (Wildman–Crippen LogP) is 3.73. The Labute approximate surface area is 182 Å². The minimum absolute atomic E-state index is 0.249. The molecule has 0 aromatic heterocycles. The van der Waals surface area contributed by atoms with Crippen LogP contribution in [0.2, 0.25) is 0 Å². The highest BCUT2D eigenvalue weighted by molar-refractivity contribution is 5.79. The third-order valence-corrected chi connectivity index (χ3v) is 8.28. The van der Waals surface area contributed by atoms with E-state index in [1.807, 2.05) is 0 Å². The van der Waals surface area contributed by atoms with Crippen LogP contribution in [0.5, 0.6) is 0 Å². The minimum atomic E-state index is 0.249. The van der Waals surface area contributed by atoms with Crippen LogP contribution in [0.25, 0.3) is 0 Å². The maximum Gasteiger partial charge on any atom is 0.226 e. The zero-order valence-corrected chi connectivity index (χ0v) is 18.6. The molecule has 1 aromatic carbocycles. The van der Waals surface area contributed by atoms with Gasteiger partial charge in [-0.05, 0) is 82.1 Å². The summed E-state index contributed by atoms with van der Waals surface area (Å²) in [6, 6.07) is 10.4. The van der Waals surface area contributed by atoms with E-state index in [1.54, 1.807) is 11.1 Å². The molecule has 0 spiro atoms. The molecule has 164 valence electrons. The van der Waals surface area contributed by atoms with Crippen LogP contribution in [0, 0.1) is 5.92 Å². The van der Waals surface area contributed by atoms with E-state index < -0.39 is 0 Å². The van der Waals surface area contributed by atoms with Gasteiger partial charge in [-0.3, -0.25) is 14.6 Å². The third kappa shape index (κ3) is 4.45. The molecule has 3 heterocycles. The number of hydrogen-bond acceptors (Lipinski definition) is 3. The molecule has 3 saturated heterocycles. The fourth-order valence-corrected chi connectivity index (χ4v) is 6.50. The van der Waals surface area contributed by atoms with Crippen LogP contribution in [-0.2, 0) is 17.6 Å². The zero-order valence-electron chi connectivity index (χ0n) is 18.6. The van der Waals surface area contributed by atoms with E-state index in [4.69, 9.17) is 0 Å². The molecule has 0 saturated carbocycles. The highest BCUT2D eigenvalue weighted by Gasteiger charge is 2.35. The standard InChI is InChI=1S/C26H39N3O/c30-26(28-13-5-1-2-6-14-28)23-10-7-15-29(20-23)24-11-16-27(17-12-24)25-18-21-8-3-4-9-22(21)19-25/h3-4,8-9,23-25H,1-2,5-7,10-20H2/t23-/m1/s1. The van der Waals surface area contributed by atoms with Gasteiger partial charge in [0.2, 0.25) is 5.91 Å². The Morgan fingerprint density at radius 3 is 2.03 bits per heavy atom.